The number of hydrogen-bond acceptors (Lipinski definition) is 2. The topological polar surface area (TPSA) is 42.2 Å². The van der Waals surface area contributed by atoms with Gasteiger partial charge in [0.25, 0.3) is 5.91 Å². The van der Waals surface area contributed by atoms with Gasteiger partial charge in [-0.3, -0.25) is 4.79 Å². The van der Waals surface area contributed by atoms with Crippen molar-refractivity contribution in [1.82, 2.24) is 5.32 Å². The van der Waals surface area contributed by atoms with Gasteiger partial charge in [0, 0.05) is 10.9 Å². The molecule has 0 bridgehead atoms. The quantitative estimate of drug-likeness (QED) is 0.670. The molecule has 4 heteroatoms. The van der Waals surface area contributed by atoms with Gasteiger partial charge in [0.2, 0.25) is 0 Å². The zero-order chi connectivity index (χ0) is 11.4. The van der Waals surface area contributed by atoms with Crippen LogP contribution in [-0.2, 0) is 0 Å². The van der Waals surface area contributed by atoms with Gasteiger partial charge in [0.1, 0.15) is 6.26 Å². The summed E-state index contributed by atoms with van der Waals surface area (Å²) in [4.78, 5) is 12.2. The molecule has 0 radical (unpaired) electrons. The van der Waals surface area contributed by atoms with E-state index >= 15 is 0 Å². The molecule has 1 aromatic heterocycles. The van der Waals surface area contributed by atoms with Crippen molar-refractivity contribution in [3.8, 4) is 0 Å². The SMILES string of the molecule is O=C(NC1CCCCCC1Br)c1ccoc1. The summed E-state index contributed by atoms with van der Waals surface area (Å²) in [7, 11) is 0. The van der Waals surface area contributed by atoms with Crippen molar-refractivity contribution >= 4 is 21.8 Å². The molecule has 1 aliphatic rings. The van der Waals surface area contributed by atoms with Crippen LogP contribution in [0, 0.1) is 0 Å². The van der Waals surface area contributed by atoms with Crippen LogP contribution in [0.2, 0.25) is 0 Å². The van der Waals surface area contributed by atoms with E-state index in [1.807, 2.05) is 0 Å². The average molecular weight is 286 g/mol. The highest BCUT2D eigenvalue weighted by Gasteiger charge is 2.23. The maximum atomic E-state index is 11.8. The van der Waals surface area contributed by atoms with Crippen LogP contribution in [-0.4, -0.2) is 16.8 Å². The van der Waals surface area contributed by atoms with Gasteiger partial charge in [0.05, 0.1) is 11.8 Å². The van der Waals surface area contributed by atoms with E-state index in [4.69, 9.17) is 4.42 Å². The third-order valence-electron chi connectivity index (χ3n) is 3.03. The molecule has 0 aliphatic heterocycles. The van der Waals surface area contributed by atoms with E-state index in [-0.39, 0.29) is 11.9 Å². The number of halogens is 1. The lowest BCUT2D eigenvalue weighted by molar-refractivity contribution is 0.0934. The largest absolute Gasteiger partial charge is 0.472 e. The second-order valence-electron chi connectivity index (χ2n) is 4.25. The molecule has 1 N–H and O–H groups in total. The molecule has 0 aromatic carbocycles. The van der Waals surface area contributed by atoms with E-state index in [9.17, 15) is 4.79 Å². The Bertz CT molecular complexity index is 337. The Morgan fingerprint density at radius 2 is 2.19 bits per heavy atom. The van der Waals surface area contributed by atoms with Crippen molar-refractivity contribution in [3.05, 3.63) is 24.2 Å². The van der Waals surface area contributed by atoms with Crippen LogP contribution < -0.4 is 5.32 Å². The second kappa shape index (κ2) is 5.53. The van der Waals surface area contributed by atoms with E-state index in [1.54, 1.807) is 6.07 Å². The van der Waals surface area contributed by atoms with Gasteiger partial charge >= 0.3 is 0 Å². The number of hydrogen-bond donors (Lipinski definition) is 1. The van der Waals surface area contributed by atoms with Gasteiger partial charge in [-0.2, -0.15) is 0 Å². The lowest BCUT2D eigenvalue weighted by Crippen LogP contribution is -2.40. The Labute approximate surface area is 104 Å². The summed E-state index contributed by atoms with van der Waals surface area (Å²) >= 11 is 3.66. The maximum absolute atomic E-state index is 11.8. The molecule has 0 saturated heterocycles. The lowest BCUT2D eigenvalue weighted by Gasteiger charge is -2.20. The predicted molar refractivity (Wildman–Crippen MR) is 65.8 cm³/mol. The first-order chi connectivity index (χ1) is 7.77. The minimum Gasteiger partial charge on any atom is -0.472 e. The Hall–Kier alpha value is -0.770. The van der Waals surface area contributed by atoms with Crippen molar-refractivity contribution in [2.24, 2.45) is 0 Å². The molecule has 0 spiro atoms. The molecule has 1 heterocycles. The van der Waals surface area contributed by atoms with Crippen molar-refractivity contribution < 1.29 is 9.21 Å². The zero-order valence-corrected chi connectivity index (χ0v) is 10.7. The summed E-state index contributed by atoms with van der Waals surface area (Å²) in [5, 5.41) is 3.07. The van der Waals surface area contributed by atoms with Crippen LogP contribution >= 0.6 is 15.9 Å². The van der Waals surface area contributed by atoms with Gasteiger partial charge in [-0.25, -0.2) is 0 Å². The fourth-order valence-corrected chi connectivity index (χ4v) is 2.79. The summed E-state index contributed by atoms with van der Waals surface area (Å²) in [5.74, 6) is -0.0369. The smallest absolute Gasteiger partial charge is 0.254 e. The fraction of sp³-hybridized carbons (Fsp3) is 0.583. The minimum absolute atomic E-state index is 0.0369. The Morgan fingerprint density at radius 3 is 2.94 bits per heavy atom. The number of carbonyl (C=O) groups is 1. The van der Waals surface area contributed by atoms with E-state index in [0.29, 0.717) is 10.4 Å². The fourth-order valence-electron chi connectivity index (χ4n) is 2.07. The molecule has 2 unspecified atom stereocenters. The summed E-state index contributed by atoms with van der Waals surface area (Å²) in [6.45, 7) is 0. The summed E-state index contributed by atoms with van der Waals surface area (Å²) in [6.07, 6.45) is 8.89. The Kier molecular flexibility index (Phi) is 4.04. The molecule has 2 rings (SSSR count). The molecule has 16 heavy (non-hydrogen) atoms. The molecule has 3 nitrogen and oxygen atoms in total. The third-order valence-corrected chi connectivity index (χ3v) is 4.13. The molecular weight excluding hydrogens is 270 g/mol. The van der Waals surface area contributed by atoms with Gasteiger partial charge in [-0.1, -0.05) is 35.2 Å². The van der Waals surface area contributed by atoms with Crippen molar-refractivity contribution in [1.29, 1.82) is 0 Å². The van der Waals surface area contributed by atoms with Crippen LogP contribution in [0.4, 0.5) is 0 Å². The van der Waals surface area contributed by atoms with Crippen molar-refractivity contribution in [3.63, 3.8) is 0 Å². The first-order valence-electron chi connectivity index (χ1n) is 5.74. The second-order valence-corrected chi connectivity index (χ2v) is 5.42. The summed E-state index contributed by atoms with van der Waals surface area (Å²) < 4.78 is 4.90. The Morgan fingerprint density at radius 1 is 1.38 bits per heavy atom. The van der Waals surface area contributed by atoms with E-state index in [1.165, 1.54) is 31.8 Å². The van der Waals surface area contributed by atoms with E-state index in [0.717, 1.165) is 12.8 Å². The number of rotatable bonds is 2. The lowest BCUT2D eigenvalue weighted by atomic mass is 10.1. The number of amides is 1. The highest BCUT2D eigenvalue weighted by atomic mass is 79.9. The molecule has 2 atom stereocenters. The minimum atomic E-state index is -0.0369. The van der Waals surface area contributed by atoms with Gasteiger partial charge in [-0.15, -0.1) is 0 Å². The molecule has 1 aliphatic carbocycles. The van der Waals surface area contributed by atoms with Crippen LogP contribution in [0.1, 0.15) is 42.5 Å². The van der Waals surface area contributed by atoms with E-state index in [2.05, 4.69) is 21.2 Å². The van der Waals surface area contributed by atoms with Crippen LogP contribution in [0.5, 0.6) is 0 Å². The van der Waals surface area contributed by atoms with Gasteiger partial charge in [0.15, 0.2) is 0 Å². The molecule has 1 amide bonds. The van der Waals surface area contributed by atoms with Gasteiger partial charge < -0.3 is 9.73 Å². The number of alkyl halides is 1. The predicted octanol–water partition coefficient (Wildman–Crippen LogP) is 3.11. The van der Waals surface area contributed by atoms with Gasteiger partial charge in [-0.05, 0) is 18.9 Å². The Balaban J connectivity index is 1.95. The number of carbonyl (C=O) groups excluding carboxylic acids is 1. The van der Waals surface area contributed by atoms with Crippen LogP contribution in [0.3, 0.4) is 0 Å². The molecule has 88 valence electrons. The first kappa shape index (κ1) is 11.7. The molecule has 1 aromatic rings. The number of furan rings is 1. The highest BCUT2D eigenvalue weighted by Crippen LogP contribution is 2.23. The zero-order valence-electron chi connectivity index (χ0n) is 9.12. The van der Waals surface area contributed by atoms with Crippen molar-refractivity contribution in [2.45, 2.75) is 43.0 Å². The summed E-state index contributed by atoms with van der Waals surface area (Å²) in [6, 6.07) is 1.93. The molecule has 1 fully saturated rings. The maximum Gasteiger partial charge on any atom is 0.254 e. The standard InChI is InChI=1S/C12H16BrNO2/c13-10-4-2-1-3-5-11(10)14-12(15)9-6-7-16-8-9/h6-8,10-11H,1-5H2,(H,14,15). The molecule has 1 saturated carbocycles. The molecular formula is C12H16BrNO2. The monoisotopic (exact) mass is 285 g/mol. The average Bonchev–Trinajstić information content (AvgIpc) is 2.73. The summed E-state index contributed by atoms with van der Waals surface area (Å²) in [5.41, 5.74) is 0.601. The highest BCUT2D eigenvalue weighted by molar-refractivity contribution is 9.09. The normalized spacial score (nSPS) is 26.1. The first-order valence-corrected chi connectivity index (χ1v) is 6.66. The van der Waals surface area contributed by atoms with Crippen molar-refractivity contribution in [2.75, 3.05) is 0 Å². The van der Waals surface area contributed by atoms with E-state index < -0.39 is 0 Å². The van der Waals surface area contributed by atoms with Crippen LogP contribution in [0.15, 0.2) is 23.0 Å². The van der Waals surface area contributed by atoms with Crippen LogP contribution in [0.25, 0.3) is 0 Å². The third kappa shape index (κ3) is 2.88. The number of nitrogens with one attached hydrogen (secondary N) is 1.